The summed E-state index contributed by atoms with van der Waals surface area (Å²) in [5.74, 6) is 1.32. The zero-order valence-electron chi connectivity index (χ0n) is 13.5. The molecule has 0 radical (unpaired) electrons. The van der Waals surface area contributed by atoms with E-state index in [1.807, 2.05) is 63.2 Å². The Kier molecular flexibility index (Phi) is 3.92. The van der Waals surface area contributed by atoms with Crippen molar-refractivity contribution in [2.45, 2.75) is 26.3 Å². The maximum absolute atomic E-state index is 9.43. The standard InChI is InChI=1S/C17H21N5O/c1-12-7-9-13(10-8-12)18-16-19-14-5-4-6-15(22(14)21-16)20-17(2,3)11-23/h4-10,20,23H,11H2,1-3H3,(H,18,21). The van der Waals surface area contributed by atoms with Crippen LogP contribution in [0.4, 0.5) is 17.5 Å². The van der Waals surface area contributed by atoms with Gasteiger partial charge >= 0.3 is 0 Å². The number of aryl methyl sites for hydroxylation is 1. The molecule has 6 heteroatoms. The van der Waals surface area contributed by atoms with Crippen molar-refractivity contribution in [1.29, 1.82) is 0 Å². The zero-order chi connectivity index (χ0) is 16.4. The van der Waals surface area contributed by atoms with Crippen LogP contribution in [0, 0.1) is 6.92 Å². The number of aliphatic hydroxyl groups excluding tert-OH is 1. The van der Waals surface area contributed by atoms with Crippen LogP contribution < -0.4 is 10.6 Å². The molecular formula is C17H21N5O. The molecule has 3 rings (SSSR count). The Labute approximate surface area is 135 Å². The Morgan fingerprint density at radius 1 is 1.13 bits per heavy atom. The molecule has 2 aromatic heterocycles. The van der Waals surface area contributed by atoms with Gasteiger partial charge in [0.1, 0.15) is 5.82 Å². The third-order valence-electron chi connectivity index (χ3n) is 3.53. The van der Waals surface area contributed by atoms with E-state index < -0.39 is 5.54 Å². The van der Waals surface area contributed by atoms with Crippen molar-refractivity contribution in [2.75, 3.05) is 17.2 Å². The van der Waals surface area contributed by atoms with Gasteiger partial charge < -0.3 is 15.7 Å². The number of nitrogens with one attached hydrogen (secondary N) is 2. The van der Waals surface area contributed by atoms with Crippen LogP contribution >= 0.6 is 0 Å². The fourth-order valence-electron chi connectivity index (χ4n) is 2.21. The summed E-state index contributed by atoms with van der Waals surface area (Å²) in [7, 11) is 0. The van der Waals surface area contributed by atoms with Crippen molar-refractivity contribution in [2.24, 2.45) is 0 Å². The number of aromatic nitrogens is 3. The summed E-state index contributed by atoms with van der Waals surface area (Å²) in [6, 6.07) is 13.8. The Balaban J connectivity index is 1.91. The van der Waals surface area contributed by atoms with E-state index in [0.717, 1.165) is 17.2 Å². The van der Waals surface area contributed by atoms with Gasteiger partial charge in [0.05, 0.1) is 12.1 Å². The lowest BCUT2D eigenvalue weighted by atomic mass is 10.1. The topological polar surface area (TPSA) is 74.5 Å². The predicted octanol–water partition coefficient (Wildman–Crippen LogP) is 2.96. The molecule has 1 aromatic carbocycles. The quantitative estimate of drug-likeness (QED) is 0.675. The Hall–Kier alpha value is -2.60. The third kappa shape index (κ3) is 3.43. The van der Waals surface area contributed by atoms with Gasteiger partial charge in [-0.1, -0.05) is 23.8 Å². The summed E-state index contributed by atoms with van der Waals surface area (Å²) >= 11 is 0. The minimum absolute atomic E-state index is 0.0204. The molecule has 0 fully saturated rings. The van der Waals surface area contributed by atoms with Crippen LogP contribution in [0.5, 0.6) is 0 Å². The van der Waals surface area contributed by atoms with E-state index in [2.05, 4.69) is 20.7 Å². The smallest absolute Gasteiger partial charge is 0.247 e. The summed E-state index contributed by atoms with van der Waals surface area (Å²) in [6.45, 7) is 5.92. The highest BCUT2D eigenvalue weighted by atomic mass is 16.3. The van der Waals surface area contributed by atoms with Crippen LogP contribution in [0.2, 0.25) is 0 Å². The molecular weight excluding hydrogens is 290 g/mol. The van der Waals surface area contributed by atoms with Crippen molar-refractivity contribution < 1.29 is 5.11 Å². The van der Waals surface area contributed by atoms with Gasteiger partial charge in [0.25, 0.3) is 0 Å². The second kappa shape index (κ2) is 5.89. The first kappa shape index (κ1) is 15.3. The predicted molar refractivity (Wildman–Crippen MR) is 92.2 cm³/mol. The molecule has 0 aliphatic rings. The number of benzene rings is 1. The number of anilines is 3. The summed E-state index contributed by atoms with van der Waals surface area (Å²) in [6.07, 6.45) is 0. The molecule has 3 aromatic rings. The van der Waals surface area contributed by atoms with E-state index in [1.54, 1.807) is 4.52 Å². The molecule has 0 aliphatic carbocycles. The van der Waals surface area contributed by atoms with Crippen LogP contribution in [0.15, 0.2) is 42.5 Å². The van der Waals surface area contributed by atoms with Gasteiger partial charge in [-0.25, -0.2) is 0 Å². The summed E-state index contributed by atoms with van der Waals surface area (Å²) < 4.78 is 1.73. The Morgan fingerprint density at radius 3 is 2.57 bits per heavy atom. The van der Waals surface area contributed by atoms with E-state index in [-0.39, 0.29) is 6.61 Å². The van der Waals surface area contributed by atoms with Gasteiger partial charge in [-0.2, -0.15) is 9.50 Å². The molecule has 0 spiro atoms. The average molecular weight is 311 g/mol. The zero-order valence-corrected chi connectivity index (χ0v) is 13.5. The van der Waals surface area contributed by atoms with Gasteiger partial charge in [-0.15, -0.1) is 5.10 Å². The van der Waals surface area contributed by atoms with Gasteiger partial charge in [0.15, 0.2) is 5.65 Å². The summed E-state index contributed by atoms with van der Waals surface area (Å²) in [5, 5.41) is 20.4. The molecule has 0 amide bonds. The molecule has 23 heavy (non-hydrogen) atoms. The first-order chi connectivity index (χ1) is 11.0. The lowest BCUT2D eigenvalue weighted by Gasteiger charge is -2.24. The maximum Gasteiger partial charge on any atom is 0.247 e. The summed E-state index contributed by atoms with van der Waals surface area (Å²) in [4.78, 5) is 4.49. The van der Waals surface area contributed by atoms with E-state index in [1.165, 1.54) is 5.56 Å². The highest BCUT2D eigenvalue weighted by Gasteiger charge is 2.18. The van der Waals surface area contributed by atoms with Crippen LogP contribution in [-0.2, 0) is 0 Å². The van der Waals surface area contributed by atoms with E-state index in [4.69, 9.17) is 0 Å². The molecule has 0 unspecified atom stereocenters. The molecule has 6 nitrogen and oxygen atoms in total. The highest BCUT2D eigenvalue weighted by molar-refractivity contribution is 5.58. The number of hydrogen-bond donors (Lipinski definition) is 3. The molecule has 0 aliphatic heterocycles. The van der Waals surface area contributed by atoms with E-state index >= 15 is 0 Å². The molecule has 0 bridgehead atoms. The fraction of sp³-hybridized carbons (Fsp3) is 0.294. The summed E-state index contributed by atoms with van der Waals surface area (Å²) in [5.41, 5.74) is 2.44. The molecule has 0 saturated heterocycles. The first-order valence-corrected chi connectivity index (χ1v) is 7.55. The third-order valence-corrected chi connectivity index (χ3v) is 3.53. The van der Waals surface area contributed by atoms with Crippen LogP contribution in [-0.4, -0.2) is 31.9 Å². The lowest BCUT2D eigenvalue weighted by Crippen LogP contribution is -2.35. The highest BCUT2D eigenvalue weighted by Crippen LogP contribution is 2.19. The molecule has 2 heterocycles. The van der Waals surface area contributed by atoms with Gasteiger partial charge in [-0.3, -0.25) is 0 Å². The number of rotatable bonds is 5. The number of hydrogen-bond acceptors (Lipinski definition) is 5. The minimum atomic E-state index is -0.440. The Bertz CT molecular complexity index is 807. The van der Waals surface area contributed by atoms with Crippen molar-refractivity contribution in [3.63, 3.8) is 0 Å². The maximum atomic E-state index is 9.43. The van der Waals surface area contributed by atoms with Gasteiger partial charge in [0.2, 0.25) is 5.95 Å². The van der Waals surface area contributed by atoms with Gasteiger partial charge in [-0.05, 0) is 45.0 Å². The number of nitrogens with zero attached hydrogens (tertiary/aromatic N) is 3. The van der Waals surface area contributed by atoms with Crippen LogP contribution in [0.3, 0.4) is 0 Å². The Morgan fingerprint density at radius 2 is 1.87 bits per heavy atom. The fourth-order valence-corrected chi connectivity index (χ4v) is 2.21. The van der Waals surface area contributed by atoms with Gasteiger partial charge in [0, 0.05) is 5.69 Å². The normalized spacial score (nSPS) is 11.7. The molecule has 120 valence electrons. The second-order valence-electron chi connectivity index (χ2n) is 6.27. The molecule has 0 saturated carbocycles. The molecule has 0 atom stereocenters. The number of pyridine rings is 1. The SMILES string of the molecule is Cc1ccc(Nc2nc3cccc(NC(C)(C)CO)n3n2)cc1. The monoisotopic (exact) mass is 311 g/mol. The molecule has 3 N–H and O–H groups in total. The average Bonchev–Trinajstić information content (AvgIpc) is 2.93. The van der Waals surface area contributed by atoms with Crippen molar-refractivity contribution >= 4 is 23.1 Å². The van der Waals surface area contributed by atoms with E-state index in [9.17, 15) is 5.11 Å². The second-order valence-corrected chi connectivity index (χ2v) is 6.27. The van der Waals surface area contributed by atoms with Crippen molar-refractivity contribution in [3.05, 3.63) is 48.0 Å². The van der Waals surface area contributed by atoms with Crippen LogP contribution in [0.25, 0.3) is 5.65 Å². The largest absolute Gasteiger partial charge is 0.394 e. The van der Waals surface area contributed by atoms with Crippen LogP contribution in [0.1, 0.15) is 19.4 Å². The number of fused-ring (bicyclic) bond motifs is 1. The van der Waals surface area contributed by atoms with E-state index in [0.29, 0.717) is 5.95 Å². The number of aliphatic hydroxyl groups is 1. The first-order valence-electron chi connectivity index (χ1n) is 7.55. The lowest BCUT2D eigenvalue weighted by molar-refractivity contribution is 0.233. The minimum Gasteiger partial charge on any atom is -0.394 e. The van der Waals surface area contributed by atoms with Crippen molar-refractivity contribution in [3.8, 4) is 0 Å². The van der Waals surface area contributed by atoms with Crippen molar-refractivity contribution in [1.82, 2.24) is 14.6 Å².